The minimum atomic E-state index is -1.04. The summed E-state index contributed by atoms with van der Waals surface area (Å²) in [6, 6.07) is 11.7. The number of carbonyl (C=O) groups is 1. The molecule has 2 aromatic rings. The summed E-state index contributed by atoms with van der Waals surface area (Å²) < 4.78 is 7.19. The smallest absolute Gasteiger partial charge is 0.272 e. The third-order valence-corrected chi connectivity index (χ3v) is 5.34. The van der Waals surface area contributed by atoms with E-state index in [4.69, 9.17) is 4.74 Å². The number of hydrogen-bond donors (Lipinski definition) is 1. The van der Waals surface area contributed by atoms with Crippen molar-refractivity contribution in [3.8, 4) is 0 Å². The SMILES string of the molecule is CC(C)c1cc(C(=O)N(Cc2ccccc2)C[C@]2(O)CCO[C@H]2C)n(C)n1. The van der Waals surface area contributed by atoms with E-state index < -0.39 is 5.60 Å². The molecular formula is C21H29N3O3. The molecule has 1 saturated heterocycles. The van der Waals surface area contributed by atoms with E-state index in [1.165, 1.54) is 0 Å². The summed E-state index contributed by atoms with van der Waals surface area (Å²) >= 11 is 0. The summed E-state index contributed by atoms with van der Waals surface area (Å²) in [4.78, 5) is 15.1. The zero-order valence-electron chi connectivity index (χ0n) is 16.6. The van der Waals surface area contributed by atoms with Gasteiger partial charge >= 0.3 is 0 Å². The summed E-state index contributed by atoms with van der Waals surface area (Å²) in [5.74, 6) is 0.112. The van der Waals surface area contributed by atoms with Crippen LogP contribution in [0.1, 0.15) is 54.9 Å². The number of aryl methyl sites for hydroxylation is 1. The van der Waals surface area contributed by atoms with Gasteiger partial charge in [-0.2, -0.15) is 5.10 Å². The molecule has 1 aliphatic heterocycles. The number of benzene rings is 1. The first-order chi connectivity index (χ1) is 12.8. The van der Waals surface area contributed by atoms with Crippen molar-refractivity contribution in [1.29, 1.82) is 0 Å². The first-order valence-corrected chi connectivity index (χ1v) is 9.51. The predicted octanol–water partition coefficient (Wildman–Crippen LogP) is 2.73. The number of ether oxygens (including phenoxy) is 1. The Morgan fingerprint density at radius 1 is 1.41 bits per heavy atom. The Bertz CT molecular complexity index is 787. The van der Waals surface area contributed by atoms with Gasteiger partial charge in [-0.3, -0.25) is 9.48 Å². The second-order valence-corrected chi connectivity index (χ2v) is 7.75. The van der Waals surface area contributed by atoms with E-state index in [0.717, 1.165) is 11.3 Å². The zero-order chi connectivity index (χ0) is 19.6. The van der Waals surface area contributed by atoms with Gasteiger partial charge in [0.25, 0.3) is 5.91 Å². The molecule has 0 aliphatic carbocycles. The zero-order valence-corrected chi connectivity index (χ0v) is 16.6. The molecule has 1 fully saturated rings. The minimum Gasteiger partial charge on any atom is -0.385 e. The molecular weight excluding hydrogens is 342 g/mol. The van der Waals surface area contributed by atoms with Crippen LogP contribution in [0, 0.1) is 0 Å². The fourth-order valence-electron chi connectivity index (χ4n) is 3.45. The van der Waals surface area contributed by atoms with Gasteiger partial charge in [0.2, 0.25) is 0 Å². The Morgan fingerprint density at radius 2 is 2.11 bits per heavy atom. The lowest BCUT2D eigenvalue weighted by atomic mass is 9.95. The second-order valence-electron chi connectivity index (χ2n) is 7.75. The number of nitrogens with zero attached hydrogens (tertiary/aromatic N) is 3. The molecule has 6 nitrogen and oxygen atoms in total. The molecule has 3 rings (SSSR count). The maximum absolute atomic E-state index is 13.4. The first kappa shape index (κ1) is 19.6. The highest BCUT2D eigenvalue weighted by Gasteiger charge is 2.42. The van der Waals surface area contributed by atoms with Crippen LogP contribution in [-0.2, 0) is 18.3 Å². The third kappa shape index (κ3) is 4.22. The van der Waals surface area contributed by atoms with Crippen molar-refractivity contribution in [1.82, 2.24) is 14.7 Å². The Balaban J connectivity index is 1.90. The van der Waals surface area contributed by atoms with Crippen molar-refractivity contribution in [3.63, 3.8) is 0 Å². The topological polar surface area (TPSA) is 67.6 Å². The van der Waals surface area contributed by atoms with Gasteiger partial charge in [-0.05, 0) is 24.5 Å². The molecule has 2 atom stereocenters. The average molecular weight is 371 g/mol. The maximum Gasteiger partial charge on any atom is 0.272 e. The molecule has 1 aromatic heterocycles. The van der Waals surface area contributed by atoms with E-state index >= 15 is 0 Å². The van der Waals surface area contributed by atoms with E-state index in [1.807, 2.05) is 43.3 Å². The van der Waals surface area contributed by atoms with Gasteiger partial charge in [0.15, 0.2) is 0 Å². The highest BCUT2D eigenvalue weighted by Crippen LogP contribution is 2.28. The summed E-state index contributed by atoms with van der Waals surface area (Å²) in [7, 11) is 1.79. The van der Waals surface area contributed by atoms with Crippen LogP contribution in [0.15, 0.2) is 36.4 Å². The van der Waals surface area contributed by atoms with Crippen molar-refractivity contribution < 1.29 is 14.6 Å². The van der Waals surface area contributed by atoms with Crippen molar-refractivity contribution in [2.45, 2.75) is 51.4 Å². The highest BCUT2D eigenvalue weighted by atomic mass is 16.5. The number of carbonyl (C=O) groups excluding carboxylic acids is 1. The highest BCUT2D eigenvalue weighted by molar-refractivity contribution is 5.92. The molecule has 0 radical (unpaired) electrons. The summed E-state index contributed by atoms with van der Waals surface area (Å²) in [5, 5.41) is 15.5. The van der Waals surface area contributed by atoms with Gasteiger partial charge in [0, 0.05) is 26.6 Å². The minimum absolute atomic E-state index is 0.131. The van der Waals surface area contributed by atoms with Gasteiger partial charge in [-0.25, -0.2) is 0 Å². The van der Waals surface area contributed by atoms with Gasteiger partial charge in [-0.1, -0.05) is 44.2 Å². The van der Waals surface area contributed by atoms with Crippen LogP contribution in [0.4, 0.5) is 0 Å². The largest absolute Gasteiger partial charge is 0.385 e. The molecule has 0 spiro atoms. The number of amides is 1. The van der Waals surface area contributed by atoms with Gasteiger partial charge in [0.05, 0.1) is 18.3 Å². The number of hydrogen-bond acceptors (Lipinski definition) is 4. The van der Waals surface area contributed by atoms with Crippen LogP contribution < -0.4 is 0 Å². The molecule has 6 heteroatoms. The fourth-order valence-corrected chi connectivity index (χ4v) is 3.45. The molecule has 2 heterocycles. The van der Waals surface area contributed by atoms with E-state index in [9.17, 15) is 9.90 Å². The number of aromatic nitrogens is 2. The molecule has 1 amide bonds. The van der Waals surface area contributed by atoms with E-state index in [1.54, 1.807) is 16.6 Å². The Labute approximate surface area is 160 Å². The van der Waals surface area contributed by atoms with E-state index in [0.29, 0.717) is 25.3 Å². The van der Waals surface area contributed by atoms with Crippen LogP contribution in [0.25, 0.3) is 0 Å². The lowest BCUT2D eigenvalue weighted by Gasteiger charge is -2.33. The van der Waals surface area contributed by atoms with Gasteiger partial charge < -0.3 is 14.7 Å². The van der Waals surface area contributed by atoms with Crippen LogP contribution in [0.5, 0.6) is 0 Å². The molecule has 1 aliphatic rings. The number of aliphatic hydroxyl groups is 1. The van der Waals surface area contributed by atoms with Gasteiger partial charge in [0.1, 0.15) is 11.3 Å². The molecule has 1 aromatic carbocycles. The van der Waals surface area contributed by atoms with Crippen LogP contribution in [0.2, 0.25) is 0 Å². The first-order valence-electron chi connectivity index (χ1n) is 9.51. The Morgan fingerprint density at radius 3 is 2.67 bits per heavy atom. The normalized spacial score (nSPS) is 22.4. The number of rotatable bonds is 6. The molecule has 27 heavy (non-hydrogen) atoms. The quantitative estimate of drug-likeness (QED) is 0.848. The average Bonchev–Trinajstić information content (AvgIpc) is 3.18. The van der Waals surface area contributed by atoms with Crippen molar-refractivity contribution >= 4 is 5.91 Å². The predicted molar refractivity (Wildman–Crippen MR) is 103 cm³/mol. The lowest BCUT2D eigenvalue weighted by Crippen LogP contribution is -2.49. The van der Waals surface area contributed by atoms with Crippen LogP contribution >= 0.6 is 0 Å². The summed E-state index contributed by atoms with van der Waals surface area (Å²) in [6.45, 7) is 7.13. The Kier molecular flexibility index (Phi) is 5.67. The lowest BCUT2D eigenvalue weighted by molar-refractivity contribution is -0.0459. The van der Waals surface area contributed by atoms with Crippen molar-refractivity contribution in [2.24, 2.45) is 7.05 Å². The van der Waals surface area contributed by atoms with Crippen molar-refractivity contribution in [3.05, 3.63) is 53.3 Å². The molecule has 1 N–H and O–H groups in total. The second kappa shape index (κ2) is 7.82. The third-order valence-electron chi connectivity index (χ3n) is 5.34. The van der Waals surface area contributed by atoms with Gasteiger partial charge in [-0.15, -0.1) is 0 Å². The van der Waals surface area contributed by atoms with E-state index in [2.05, 4.69) is 18.9 Å². The van der Waals surface area contributed by atoms with Crippen molar-refractivity contribution in [2.75, 3.05) is 13.2 Å². The summed E-state index contributed by atoms with van der Waals surface area (Å²) in [6.07, 6.45) is 0.219. The summed E-state index contributed by atoms with van der Waals surface area (Å²) in [5.41, 5.74) is 1.40. The van der Waals surface area contributed by atoms with Crippen LogP contribution in [0.3, 0.4) is 0 Å². The molecule has 0 saturated carbocycles. The maximum atomic E-state index is 13.4. The Hall–Kier alpha value is -2.18. The molecule has 0 unspecified atom stereocenters. The van der Waals surface area contributed by atoms with Crippen LogP contribution in [-0.4, -0.2) is 50.6 Å². The van der Waals surface area contributed by atoms with E-state index in [-0.39, 0.29) is 24.5 Å². The molecule has 146 valence electrons. The monoisotopic (exact) mass is 371 g/mol. The standard InChI is InChI=1S/C21H29N3O3/c1-15(2)18-12-19(23(4)22-18)20(25)24(13-17-8-6-5-7-9-17)14-21(26)10-11-27-16(21)3/h5-9,12,15-16,26H,10-11,13-14H2,1-4H3/t16-,21+/m0/s1. The molecule has 0 bridgehead atoms. The fraction of sp³-hybridized carbons (Fsp3) is 0.524.